The van der Waals surface area contributed by atoms with Gasteiger partial charge >= 0.3 is 12.1 Å². The number of amides is 2. The number of alkyl halides is 3. The molecule has 1 aliphatic heterocycles. The molecule has 27 heavy (non-hydrogen) atoms. The third-order valence-corrected chi connectivity index (χ3v) is 4.71. The van der Waals surface area contributed by atoms with Crippen molar-refractivity contribution >= 4 is 17.8 Å². The second-order valence-corrected chi connectivity index (χ2v) is 6.62. The van der Waals surface area contributed by atoms with Crippen molar-refractivity contribution in [2.75, 3.05) is 19.7 Å². The zero-order valence-electron chi connectivity index (χ0n) is 15.1. The van der Waals surface area contributed by atoms with Crippen molar-refractivity contribution in [3.05, 3.63) is 23.0 Å². The first-order chi connectivity index (χ1) is 12.5. The van der Waals surface area contributed by atoms with Crippen LogP contribution < -0.4 is 5.73 Å². The fourth-order valence-corrected chi connectivity index (χ4v) is 3.14. The number of halogens is 3. The van der Waals surface area contributed by atoms with Crippen LogP contribution in [0.3, 0.4) is 0 Å². The van der Waals surface area contributed by atoms with Gasteiger partial charge in [-0.3, -0.25) is 9.59 Å². The summed E-state index contributed by atoms with van der Waals surface area (Å²) in [5, 5.41) is 0. The monoisotopic (exact) mass is 389 g/mol. The van der Waals surface area contributed by atoms with Gasteiger partial charge < -0.3 is 19.9 Å². The molecule has 0 aliphatic carbocycles. The maximum absolute atomic E-state index is 12.6. The van der Waals surface area contributed by atoms with Gasteiger partial charge in [-0.1, -0.05) is 0 Å². The van der Waals surface area contributed by atoms with Crippen LogP contribution in [0.4, 0.5) is 13.2 Å². The molecule has 2 heterocycles. The number of ether oxygens (including phenoxy) is 1. The number of carbonyl (C=O) groups excluding carboxylic acids is 3. The Labute approximate surface area is 154 Å². The van der Waals surface area contributed by atoms with Crippen LogP contribution in [-0.2, 0) is 20.9 Å². The number of rotatable bonds is 5. The van der Waals surface area contributed by atoms with Gasteiger partial charge in [-0.25, -0.2) is 4.79 Å². The van der Waals surface area contributed by atoms with Crippen molar-refractivity contribution < 1.29 is 32.3 Å². The predicted octanol–water partition coefficient (Wildman–Crippen LogP) is 1.55. The predicted molar refractivity (Wildman–Crippen MR) is 88.7 cm³/mol. The van der Waals surface area contributed by atoms with Gasteiger partial charge in [0.15, 0.2) is 6.61 Å². The lowest BCUT2D eigenvalue weighted by Gasteiger charge is -2.30. The third kappa shape index (κ3) is 5.24. The van der Waals surface area contributed by atoms with E-state index in [0.717, 1.165) is 4.57 Å². The van der Waals surface area contributed by atoms with E-state index in [4.69, 9.17) is 10.5 Å². The number of carbonyl (C=O) groups is 3. The van der Waals surface area contributed by atoms with Gasteiger partial charge in [0.25, 0.3) is 5.91 Å². The lowest BCUT2D eigenvalue weighted by atomic mass is 9.96. The van der Waals surface area contributed by atoms with Crippen molar-refractivity contribution in [2.24, 2.45) is 11.7 Å². The third-order valence-electron chi connectivity index (χ3n) is 4.71. The van der Waals surface area contributed by atoms with E-state index in [1.165, 1.54) is 24.8 Å². The highest BCUT2D eigenvalue weighted by molar-refractivity contribution is 5.92. The standard InChI is InChI=1S/C17H22F3N3O4/c1-10-7-13(11(2)23(10)9-17(18,19)20)16(26)27-8-14(24)22-5-3-12(4-6-22)15(21)25/h7,12H,3-6,8-9H2,1-2H3,(H2,21,25). The minimum atomic E-state index is -4.41. The number of piperidine rings is 1. The Morgan fingerprint density at radius 2 is 1.81 bits per heavy atom. The van der Waals surface area contributed by atoms with Crippen molar-refractivity contribution in [1.29, 1.82) is 0 Å². The quantitative estimate of drug-likeness (QED) is 0.773. The molecule has 1 aliphatic rings. The van der Waals surface area contributed by atoms with Crippen molar-refractivity contribution in [1.82, 2.24) is 9.47 Å². The minimum absolute atomic E-state index is 0.00279. The summed E-state index contributed by atoms with van der Waals surface area (Å²) in [5.41, 5.74) is 5.64. The fraction of sp³-hybridized carbons (Fsp3) is 0.588. The highest BCUT2D eigenvalue weighted by Crippen LogP contribution is 2.23. The number of aromatic nitrogens is 1. The Hall–Kier alpha value is -2.52. The zero-order chi connectivity index (χ0) is 20.4. The van der Waals surface area contributed by atoms with Gasteiger partial charge in [0.1, 0.15) is 6.54 Å². The van der Waals surface area contributed by atoms with E-state index in [0.29, 0.717) is 25.9 Å². The molecule has 0 spiro atoms. The average molecular weight is 389 g/mol. The van der Waals surface area contributed by atoms with Gasteiger partial charge in [-0.05, 0) is 32.8 Å². The first-order valence-corrected chi connectivity index (χ1v) is 8.47. The van der Waals surface area contributed by atoms with E-state index in [-0.39, 0.29) is 22.9 Å². The number of primary amides is 1. The van der Waals surface area contributed by atoms with Gasteiger partial charge in [0.05, 0.1) is 5.56 Å². The Kier molecular flexibility index (Phi) is 6.17. The molecule has 0 atom stereocenters. The number of hydrogen-bond donors (Lipinski definition) is 1. The van der Waals surface area contributed by atoms with Crippen LogP contribution in [0.2, 0.25) is 0 Å². The Morgan fingerprint density at radius 1 is 1.22 bits per heavy atom. The highest BCUT2D eigenvalue weighted by atomic mass is 19.4. The van der Waals surface area contributed by atoms with Crippen LogP contribution in [0, 0.1) is 19.8 Å². The number of esters is 1. The smallest absolute Gasteiger partial charge is 0.406 e. The lowest BCUT2D eigenvalue weighted by molar-refractivity contribution is -0.141. The number of likely N-dealkylation sites (tertiary alicyclic amines) is 1. The summed E-state index contributed by atoms with van der Waals surface area (Å²) in [5.74, 6) is -1.94. The van der Waals surface area contributed by atoms with E-state index in [1.807, 2.05) is 0 Å². The molecular weight excluding hydrogens is 367 g/mol. The average Bonchev–Trinajstić information content (AvgIpc) is 2.86. The Morgan fingerprint density at radius 3 is 2.33 bits per heavy atom. The molecule has 10 heteroatoms. The molecule has 2 rings (SSSR count). The van der Waals surface area contributed by atoms with E-state index in [9.17, 15) is 27.6 Å². The highest BCUT2D eigenvalue weighted by Gasteiger charge is 2.31. The Balaban J connectivity index is 1.93. The molecular formula is C17H22F3N3O4. The number of hydrogen-bond acceptors (Lipinski definition) is 4. The summed E-state index contributed by atoms with van der Waals surface area (Å²) in [6, 6.07) is 1.31. The number of nitrogens with two attached hydrogens (primary N) is 1. The maximum atomic E-state index is 12.6. The number of nitrogens with zero attached hydrogens (tertiary/aromatic N) is 2. The maximum Gasteiger partial charge on any atom is 0.406 e. The largest absolute Gasteiger partial charge is 0.452 e. The second kappa shape index (κ2) is 8.01. The molecule has 2 N–H and O–H groups in total. The zero-order valence-corrected chi connectivity index (χ0v) is 15.1. The molecule has 0 radical (unpaired) electrons. The fourth-order valence-electron chi connectivity index (χ4n) is 3.14. The van der Waals surface area contributed by atoms with E-state index in [1.54, 1.807) is 0 Å². The summed E-state index contributed by atoms with van der Waals surface area (Å²) < 4.78 is 43.9. The molecule has 1 aromatic heterocycles. The SMILES string of the molecule is Cc1cc(C(=O)OCC(=O)N2CCC(C(N)=O)CC2)c(C)n1CC(F)(F)F. The summed E-state index contributed by atoms with van der Waals surface area (Å²) in [7, 11) is 0. The molecule has 0 aromatic carbocycles. The van der Waals surface area contributed by atoms with Crippen LogP contribution in [0.5, 0.6) is 0 Å². The van der Waals surface area contributed by atoms with E-state index in [2.05, 4.69) is 0 Å². The normalized spacial score (nSPS) is 15.7. The van der Waals surface area contributed by atoms with Gasteiger partial charge in [-0.15, -0.1) is 0 Å². The lowest BCUT2D eigenvalue weighted by Crippen LogP contribution is -2.43. The molecule has 0 unspecified atom stereocenters. The van der Waals surface area contributed by atoms with Crippen molar-refractivity contribution in [3.8, 4) is 0 Å². The second-order valence-electron chi connectivity index (χ2n) is 6.62. The Bertz CT molecular complexity index is 735. The summed E-state index contributed by atoms with van der Waals surface area (Å²) >= 11 is 0. The molecule has 1 aromatic rings. The molecule has 1 saturated heterocycles. The van der Waals surface area contributed by atoms with Crippen LogP contribution >= 0.6 is 0 Å². The van der Waals surface area contributed by atoms with Crippen LogP contribution in [0.15, 0.2) is 6.07 Å². The first kappa shape index (κ1) is 20.8. The molecule has 0 bridgehead atoms. The minimum Gasteiger partial charge on any atom is -0.452 e. The topological polar surface area (TPSA) is 94.6 Å². The van der Waals surface area contributed by atoms with Gasteiger partial charge in [-0.2, -0.15) is 13.2 Å². The molecule has 7 nitrogen and oxygen atoms in total. The van der Waals surface area contributed by atoms with Crippen molar-refractivity contribution in [2.45, 2.75) is 39.4 Å². The molecule has 1 fully saturated rings. The van der Waals surface area contributed by atoms with Crippen LogP contribution in [0.25, 0.3) is 0 Å². The molecule has 0 saturated carbocycles. The van der Waals surface area contributed by atoms with E-state index < -0.39 is 37.1 Å². The summed E-state index contributed by atoms with van der Waals surface area (Å²) in [6.45, 7) is 1.82. The van der Waals surface area contributed by atoms with Crippen LogP contribution in [-0.4, -0.2) is 53.1 Å². The molecule has 2 amide bonds. The van der Waals surface area contributed by atoms with Gasteiger partial charge in [0.2, 0.25) is 5.91 Å². The van der Waals surface area contributed by atoms with Crippen molar-refractivity contribution in [3.63, 3.8) is 0 Å². The first-order valence-electron chi connectivity index (χ1n) is 8.47. The summed E-state index contributed by atoms with van der Waals surface area (Å²) in [4.78, 5) is 36.9. The molecule has 150 valence electrons. The number of aryl methyl sites for hydroxylation is 1. The van der Waals surface area contributed by atoms with Gasteiger partial charge in [0, 0.05) is 30.4 Å². The summed E-state index contributed by atoms with van der Waals surface area (Å²) in [6.07, 6.45) is -3.51. The van der Waals surface area contributed by atoms with E-state index >= 15 is 0 Å². The van der Waals surface area contributed by atoms with Crippen LogP contribution in [0.1, 0.15) is 34.6 Å².